The SMILES string of the molecule is CCCCC(=O)c1cccc2c1ccc1ccccc12. The van der Waals surface area contributed by atoms with Crippen LogP contribution in [0.5, 0.6) is 0 Å². The summed E-state index contributed by atoms with van der Waals surface area (Å²) in [6.07, 6.45) is 2.66. The first-order valence-corrected chi connectivity index (χ1v) is 7.25. The summed E-state index contributed by atoms with van der Waals surface area (Å²) in [4.78, 5) is 12.4. The van der Waals surface area contributed by atoms with Crippen molar-refractivity contribution in [3.8, 4) is 0 Å². The van der Waals surface area contributed by atoms with Gasteiger partial charge in [0.25, 0.3) is 0 Å². The van der Waals surface area contributed by atoms with Crippen LogP contribution in [0.4, 0.5) is 0 Å². The molecule has 0 aromatic heterocycles. The zero-order valence-corrected chi connectivity index (χ0v) is 11.7. The summed E-state index contributed by atoms with van der Waals surface area (Å²) in [6.45, 7) is 2.11. The van der Waals surface area contributed by atoms with E-state index in [0.29, 0.717) is 6.42 Å². The summed E-state index contributed by atoms with van der Waals surface area (Å²) >= 11 is 0. The predicted octanol–water partition coefficient (Wildman–Crippen LogP) is 5.37. The third kappa shape index (κ3) is 2.20. The van der Waals surface area contributed by atoms with Gasteiger partial charge in [-0.1, -0.05) is 67.9 Å². The zero-order valence-electron chi connectivity index (χ0n) is 11.7. The van der Waals surface area contributed by atoms with E-state index in [1.165, 1.54) is 16.2 Å². The van der Waals surface area contributed by atoms with Crippen molar-refractivity contribution in [3.63, 3.8) is 0 Å². The summed E-state index contributed by atoms with van der Waals surface area (Å²) in [5.74, 6) is 0.257. The fourth-order valence-corrected chi connectivity index (χ4v) is 2.76. The van der Waals surface area contributed by atoms with Crippen molar-refractivity contribution in [2.75, 3.05) is 0 Å². The molecule has 3 aromatic carbocycles. The van der Waals surface area contributed by atoms with Gasteiger partial charge in [0.2, 0.25) is 0 Å². The molecule has 0 saturated heterocycles. The first kappa shape index (κ1) is 12.9. The number of Topliss-reactive ketones (excluding diaryl/α,β-unsaturated/α-hetero) is 1. The number of fused-ring (bicyclic) bond motifs is 3. The monoisotopic (exact) mass is 262 g/mol. The van der Waals surface area contributed by atoms with Gasteiger partial charge in [-0.15, -0.1) is 0 Å². The highest BCUT2D eigenvalue weighted by Gasteiger charge is 2.10. The second-order valence-electron chi connectivity index (χ2n) is 5.21. The Morgan fingerprint density at radius 3 is 2.50 bits per heavy atom. The average molecular weight is 262 g/mol. The third-order valence-electron chi connectivity index (χ3n) is 3.84. The fraction of sp³-hybridized carbons (Fsp3) is 0.211. The maximum Gasteiger partial charge on any atom is 0.163 e. The van der Waals surface area contributed by atoms with Crippen LogP contribution in [0.1, 0.15) is 36.5 Å². The van der Waals surface area contributed by atoms with Gasteiger partial charge in [-0.2, -0.15) is 0 Å². The van der Waals surface area contributed by atoms with Crippen LogP contribution in [0.15, 0.2) is 54.6 Å². The molecule has 0 aliphatic carbocycles. The minimum Gasteiger partial charge on any atom is -0.294 e. The fourth-order valence-electron chi connectivity index (χ4n) is 2.76. The van der Waals surface area contributed by atoms with Crippen molar-refractivity contribution in [2.24, 2.45) is 0 Å². The summed E-state index contributed by atoms with van der Waals surface area (Å²) in [7, 11) is 0. The molecule has 0 radical (unpaired) electrons. The van der Waals surface area contributed by atoms with E-state index in [9.17, 15) is 4.79 Å². The molecule has 0 heterocycles. The molecule has 0 unspecified atom stereocenters. The molecule has 0 N–H and O–H groups in total. The van der Waals surface area contributed by atoms with E-state index in [1.54, 1.807) is 0 Å². The van der Waals surface area contributed by atoms with E-state index >= 15 is 0 Å². The highest BCUT2D eigenvalue weighted by Crippen LogP contribution is 2.28. The maximum atomic E-state index is 12.4. The highest BCUT2D eigenvalue weighted by atomic mass is 16.1. The van der Waals surface area contributed by atoms with E-state index in [0.717, 1.165) is 23.8 Å². The molecule has 0 aliphatic heterocycles. The van der Waals surface area contributed by atoms with Crippen molar-refractivity contribution >= 4 is 27.3 Å². The molecule has 0 aliphatic rings. The molecular formula is C19H18O. The lowest BCUT2D eigenvalue weighted by molar-refractivity contribution is 0.0981. The summed E-state index contributed by atoms with van der Waals surface area (Å²) in [6, 6.07) is 18.6. The lowest BCUT2D eigenvalue weighted by atomic mass is 9.95. The molecule has 0 saturated carbocycles. The van der Waals surface area contributed by atoms with Crippen LogP contribution in [0.2, 0.25) is 0 Å². The van der Waals surface area contributed by atoms with Crippen LogP contribution in [0.25, 0.3) is 21.5 Å². The van der Waals surface area contributed by atoms with E-state index < -0.39 is 0 Å². The molecule has 0 fully saturated rings. The molecule has 100 valence electrons. The Morgan fingerprint density at radius 1 is 0.850 bits per heavy atom. The minimum atomic E-state index is 0.257. The Balaban J connectivity index is 2.20. The Hall–Kier alpha value is -2.15. The topological polar surface area (TPSA) is 17.1 Å². The van der Waals surface area contributed by atoms with Crippen molar-refractivity contribution in [3.05, 3.63) is 60.2 Å². The van der Waals surface area contributed by atoms with Crippen LogP contribution in [0.3, 0.4) is 0 Å². The van der Waals surface area contributed by atoms with Gasteiger partial charge >= 0.3 is 0 Å². The van der Waals surface area contributed by atoms with Gasteiger partial charge in [-0.25, -0.2) is 0 Å². The lowest BCUT2D eigenvalue weighted by Crippen LogP contribution is -1.99. The highest BCUT2D eigenvalue weighted by molar-refractivity contribution is 6.15. The van der Waals surface area contributed by atoms with Gasteiger partial charge in [0.15, 0.2) is 5.78 Å². The Labute approximate surface area is 119 Å². The molecule has 0 spiro atoms. The normalized spacial score (nSPS) is 11.1. The quantitative estimate of drug-likeness (QED) is 0.456. The van der Waals surface area contributed by atoms with Gasteiger partial charge in [0.1, 0.15) is 0 Å². The first-order chi connectivity index (χ1) is 9.81. The number of ketones is 1. The van der Waals surface area contributed by atoms with Crippen molar-refractivity contribution in [2.45, 2.75) is 26.2 Å². The molecule has 0 atom stereocenters. The van der Waals surface area contributed by atoms with Crippen LogP contribution in [-0.4, -0.2) is 5.78 Å². The van der Waals surface area contributed by atoms with Gasteiger partial charge in [0, 0.05) is 12.0 Å². The number of carbonyl (C=O) groups is 1. The molecule has 20 heavy (non-hydrogen) atoms. The molecule has 1 nitrogen and oxygen atoms in total. The minimum absolute atomic E-state index is 0.257. The van der Waals surface area contributed by atoms with Gasteiger partial charge < -0.3 is 0 Å². The first-order valence-electron chi connectivity index (χ1n) is 7.25. The Kier molecular flexibility index (Phi) is 3.51. The van der Waals surface area contributed by atoms with E-state index in [-0.39, 0.29) is 5.78 Å². The lowest BCUT2D eigenvalue weighted by Gasteiger charge is -2.08. The van der Waals surface area contributed by atoms with E-state index in [1.807, 2.05) is 24.3 Å². The molecule has 0 amide bonds. The third-order valence-corrected chi connectivity index (χ3v) is 3.84. The predicted molar refractivity (Wildman–Crippen MR) is 85.3 cm³/mol. The van der Waals surface area contributed by atoms with Crippen LogP contribution < -0.4 is 0 Å². The molecule has 0 bridgehead atoms. The standard InChI is InChI=1S/C19H18O/c1-2-3-11-19(20)18-10-6-9-16-15-8-5-4-7-14(15)12-13-17(16)18/h4-10,12-13H,2-3,11H2,1H3. The van der Waals surface area contributed by atoms with Crippen molar-refractivity contribution < 1.29 is 4.79 Å². The Morgan fingerprint density at radius 2 is 1.65 bits per heavy atom. The average Bonchev–Trinajstić information content (AvgIpc) is 2.51. The van der Waals surface area contributed by atoms with Crippen LogP contribution in [-0.2, 0) is 0 Å². The van der Waals surface area contributed by atoms with E-state index in [4.69, 9.17) is 0 Å². The van der Waals surface area contributed by atoms with Gasteiger partial charge in [-0.3, -0.25) is 4.79 Å². The summed E-state index contributed by atoms with van der Waals surface area (Å²) < 4.78 is 0. The Bertz CT molecular complexity index is 771. The molecule has 3 aromatic rings. The number of unbranched alkanes of at least 4 members (excludes halogenated alkanes) is 1. The summed E-state index contributed by atoms with van der Waals surface area (Å²) in [5, 5.41) is 4.69. The number of benzene rings is 3. The number of carbonyl (C=O) groups excluding carboxylic acids is 1. The van der Waals surface area contributed by atoms with Gasteiger partial charge in [-0.05, 0) is 28.0 Å². The van der Waals surface area contributed by atoms with Crippen molar-refractivity contribution in [1.82, 2.24) is 0 Å². The molecule has 3 rings (SSSR count). The van der Waals surface area contributed by atoms with Gasteiger partial charge in [0.05, 0.1) is 0 Å². The number of hydrogen-bond donors (Lipinski definition) is 0. The molecule has 1 heteroatoms. The van der Waals surface area contributed by atoms with E-state index in [2.05, 4.69) is 37.3 Å². The zero-order chi connectivity index (χ0) is 13.9. The largest absolute Gasteiger partial charge is 0.294 e. The second kappa shape index (κ2) is 5.46. The van der Waals surface area contributed by atoms with Crippen LogP contribution in [0, 0.1) is 0 Å². The number of hydrogen-bond acceptors (Lipinski definition) is 1. The second-order valence-corrected chi connectivity index (χ2v) is 5.21. The van der Waals surface area contributed by atoms with Crippen molar-refractivity contribution in [1.29, 1.82) is 0 Å². The molecular weight excluding hydrogens is 244 g/mol. The van der Waals surface area contributed by atoms with Crippen LogP contribution >= 0.6 is 0 Å². The maximum absolute atomic E-state index is 12.4. The smallest absolute Gasteiger partial charge is 0.163 e. The number of rotatable bonds is 4. The summed E-state index contributed by atoms with van der Waals surface area (Å²) in [5.41, 5.74) is 0.863.